The largest absolute Gasteiger partial charge is 0.472 e. The smallest absolute Gasteiger partial charge is 0.417 e. The molecule has 0 radical (unpaired) electrons. The van der Waals surface area contributed by atoms with Crippen LogP contribution in [-0.4, -0.2) is 44.4 Å². The third-order valence-electron chi connectivity index (χ3n) is 6.26. The highest BCUT2D eigenvalue weighted by Gasteiger charge is 2.49. The third-order valence-corrected chi connectivity index (χ3v) is 6.26. The number of ether oxygens (including phenoxy) is 1. The van der Waals surface area contributed by atoms with Gasteiger partial charge in [0.15, 0.2) is 0 Å². The Kier molecular flexibility index (Phi) is 5.45. The highest BCUT2D eigenvalue weighted by molar-refractivity contribution is 5.99. The molecule has 0 N–H and O–H groups in total. The Balaban J connectivity index is 1.39. The molecule has 1 aliphatic carbocycles. The minimum Gasteiger partial charge on any atom is -0.472 e. The molecule has 10 heteroatoms. The van der Waals surface area contributed by atoms with Crippen molar-refractivity contribution >= 4 is 5.91 Å². The van der Waals surface area contributed by atoms with Gasteiger partial charge in [-0.2, -0.15) is 13.2 Å². The quantitative estimate of drug-likeness (QED) is 0.516. The van der Waals surface area contributed by atoms with Crippen LogP contribution in [0.1, 0.15) is 34.5 Å². The van der Waals surface area contributed by atoms with Crippen molar-refractivity contribution in [1.29, 1.82) is 0 Å². The fourth-order valence-electron chi connectivity index (χ4n) is 4.74. The SMILES string of the molecule is Cc1cnc(C(=O)N2CC3CC(Oc4ccc(C(F)(F)F)cn4)C2C3)c(-c2ncccc2F)c1. The number of nitrogens with zero attached hydrogens (tertiary/aromatic N) is 4. The minimum atomic E-state index is -4.48. The summed E-state index contributed by atoms with van der Waals surface area (Å²) in [6.45, 7) is 2.30. The van der Waals surface area contributed by atoms with E-state index in [1.165, 1.54) is 24.4 Å². The predicted octanol–water partition coefficient (Wildman–Crippen LogP) is 4.69. The zero-order valence-electron chi connectivity index (χ0n) is 18.1. The summed E-state index contributed by atoms with van der Waals surface area (Å²) in [6.07, 6.45) is 0.214. The average molecular weight is 472 g/mol. The van der Waals surface area contributed by atoms with Gasteiger partial charge in [-0.1, -0.05) is 0 Å². The summed E-state index contributed by atoms with van der Waals surface area (Å²) in [5.41, 5.74) is 0.363. The van der Waals surface area contributed by atoms with Gasteiger partial charge in [-0.15, -0.1) is 0 Å². The summed E-state index contributed by atoms with van der Waals surface area (Å²) in [7, 11) is 0. The van der Waals surface area contributed by atoms with Crippen molar-refractivity contribution in [3.05, 3.63) is 71.6 Å². The van der Waals surface area contributed by atoms with Gasteiger partial charge in [-0.05, 0) is 55.5 Å². The number of pyridine rings is 3. The molecule has 4 heterocycles. The molecule has 2 bridgehead atoms. The second kappa shape index (κ2) is 8.34. The molecule has 3 atom stereocenters. The lowest BCUT2D eigenvalue weighted by atomic mass is 10.0. The van der Waals surface area contributed by atoms with Crippen LogP contribution in [0, 0.1) is 18.7 Å². The van der Waals surface area contributed by atoms with Gasteiger partial charge in [0, 0.05) is 36.8 Å². The number of hydrogen-bond acceptors (Lipinski definition) is 5. The van der Waals surface area contributed by atoms with Crippen LogP contribution in [0.4, 0.5) is 17.6 Å². The lowest BCUT2D eigenvalue weighted by molar-refractivity contribution is -0.137. The third kappa shape index (κ3) is 4.08. The number of likely N-dealkylation sites (tertiary alicyclic amines) is 1. The Hall–Kier alpha value is -3.56. The number of carbonyl (C=O) groups is 1. The second-order valence-electron chi connectivity index (χ2n) is 8.64. The molecule has 3 aromatic rings. The van der Waals surface area contributed by atoms with Gasteiger partial charge in [-0.25, -0.2) is 9.37 Å². The zero-order valence-corrected chi connectivity index (χ0v) is 18.1. The van der Waals surface area contributed by atoms with Gasteiger partial charge in [-0.3, -0.25) is 14.8 Å². The van der Waals surface area contributed by atoms with E-state index in [2.05, 4.69) is 15.0 Å². The van der Waals surface area contributed by atoms with E-state index in [-0.39, 0.29) is 35.1 Å². The van der Waals surface area contributed by atoms with E-state index in [0.29, 0.717) is 24.9 Å². The number of aryl methyl sites for hydroxylation is 1. The number of fused-ring (bicyclic) bond motifs is 2. The Bertz CT molecular complexity index is 1230. The Morgan fingerprint density at radius 2 is 1.94 bits per heavy atom. The van der Waals surface area contributed by atoms with E-state index in [1.54, 1.807) is 24.1 Å². The first-order valence-electron chi connectivity index (χ1n) is 10.8. The van der Waals surface area contributed by atoms with Crippen LogP contribution in [0.3, 0.4) is 0 Å². The van der Waals surface area contributed by atoms with Gasteiger partial charge in [0.25, 0.3) is 5.91 Å². The molecule has 1 aliphatic heterocycles. The van der Waals surface area contributed by atoms with Crippen LogP contribution in [0.5, 0.6) is 5.88 Å². The van der Waals surface area contributed by atoms with E-state index in [1.807, 2.05) is 0 Å². The maximum absolute atomic E-state index is 14.5. The Morgan fingerprint density at radius 1 is 1.12 bits per heavy atom. The summed E-state index contributed by atoms with van der Waals surface area (Å²) in [5, 5.41) is 0. The Labute approximate surface area is 192 Å². The molecule has 3 aromatic heterocycles. The maximum Gasteiger partial charge on any atom is 0.417 e. The topological polar surface area (TPSA) is 68.2 Å². The van der Waals surface area contributed by atoms with Crippen molar-refractivity contribution in [1.82, 2.24) is 19.9 Å². The van der Waals surface area contributed by atoms with E-state index in [4.69, 9.17) is 4.74 Å². The molecule has 1 saturated carbocycles. The average Bonchev–Trinajstić information content (AvgIpc) is 3.39. The molecule has 1 amide bonds. The van der Waals surface area contributed by atoms with Gasteiger partial charge in [0.05, 0.1) is 11.6 Å². The highest BCUT2D eigenvalue weighted by Crippen LogP contribution is 2.41. The number of rotatable bonds is 4. The fraction of sp³-hybridized carbons (Fsp3) is 0.333. The van der Waals surface area contributed by atoms with Crippen molar-refractivity contribution < 1.29 is 27.1 Å². The van der Waals surface area contributed by atoms with Crippen molar-refractivity contribution in [2.24, 2.45) is 5.92 Å². The van der Waals surface area contributed by atoms with E-state index in [0.717, 1.165) is 17.8 Å². The molecule has 1 saturated heterocycles. The number of carbonyl (C=O) groups excluding carboxylic acids is 1. The normalized spacial score (nSPS) is 21.7. The summed E-state index contributed by atoms with van der Waals surface area (Å²) in [6, 6.07) is 6.25. The van der Waals surface area contributed by atoms with Gasteiger partial charge < -0.3 is 9.64 Å². The van der Waals surface area contributed by atoms with Crippen molar-refractivity contribution in [3.8, 4) is 17.1 Å². The van der Waals surface area contributed by atoms with E-state index < -0.39 is 23.7 Å². The fourth-order valence-corrected chi connectivity index (χ4v) is 4.74. The second-order valence-corrected chi connectivity index (χ2v) is 8.64. The lowest BCUT2D eigenvalue weighted by Crippen LogP contribution is -2.47. The van der Waals surface area contributed by atoms with E-state index >= 15 is 0 Å². The van der Waals surface area contributed by atoms with Crippen molar-refractivity contribution in [3.63, 3.8) is 0 Å². The van der Waals surface area contributed by atoms with Crippen LogP contribution >= 0.6 is 0 Å². The van der Waals surface area contributed by atoms with E-state index in [9.17, 15) is 22.4 Å². The standard InChI is InChI=1S/C24H20F4N4O2/c1-13-7-16(21-17(25)3-2-6-29-21)22(31-10-13)23(33)32-12-14-8-18(32)19(9-14)34-20-5-4-15(11-30-20)24(26,27)28/h2-7,10-11,14,18-19H,8-9,12H2,1H3. The summed E-state index contributed by atoms with van der Waals surface area (Å²) < 4.78 is 58.7. The highest BCUT2D eigenvalue weighted by atomic mass is 19.4. The maximum atomic E-state index is 14.5. The minimum absolute atomic E-state index is 0.0492. The molecule has 0 aromatic carbocycles. The summed E-state index contributed by atoms with van der Waals surface area (Å²) >= 11 is 0. The molecule has 2 fully saturated rings. The summed E-state index contributed by atoms with van der Waals surface area (Å²) in [5.74, 6) is -0.653. The number of aromatic nitrogens is 3. The number of alkyl halides is 3. The number of piperidine rings is 1. The molecular weight excluding hydrogens is 452 g/mol. The Morgan fingerprint density at radius 3 is 2.62 bits per heavy atom. The van der Waals surface area contributed by atoms with Gasteiger partial charge in [0.2, 0.25) is 5.88 Å². The lowest BCUT2D eigenvalue weighted by Gasteiger charge is -2.33. The summed E-state index contributed by atoms with van der Waals surface area (Å²) in [4.78, 5) is 27.4. The zero-order chi connectivity index (χ0) is 24.0. The first-order valence-corrected chi connectivity index (χ1v) is 10.8. The molecule has 0 spiro atoms. The molecule has 176 valence electrons. The van der Waals surface area contributed by atoms with Crippen LogP contribution < -0.4 is 4.74 Å². The number of amides is 1. The van der Waals surface area contributed by atoms with Crippen LogP contribution in [0.2, 0.25) is 0 Å². The first-order chi connectivity index (χ1) is 16.2. The van der Waals surface area contributed by atoms with Crippen molar-refractivity contribution in [2.75, 3.05) is 6.54 Å². The molecule has 34 heavy (non-hydrogen) atoms. The van der Waals surface area contributed by atoms with Gasteiger partial charge in [0.1, 0.15) is 23.3 Å². The molecule has 6 nitrogen and oxygen atoms in total. The molecule has 5 rings (SSSR count). The predicted molar refractivity (Wildman–Crippen MR) is 113 cm³/mol. The van der Waals surface area contributed by atoms with Crippen LogP contribution in [-0.2, 0) is 6.18 Å². The van der Waals surface area contributed by atoms with Crippen molar-refractivity contribution in [2.45, 2.75) is 38.1 Å². The van der Waals surface area contributed by atoms with Crippen LogP contribution in [0.25, 0.3) is 11.3 Å². The molecule has 3 unspecified atom stereocenters. The number of halogens is 4. The monoisotopic (exact) mass is 472 g/mol. The van der Waals surface area contributed by atoms with Crippen LogP contribution in [0.15, 0.2) is 48.9 Å². The molecule has 2 aliphatic rings. The first kappa shape index (κ1) is 22.2. The van der Waals surface area contributed by atoms with Gasteiger partial charge >= 0.3 is 6.18 Å². The molecular formula is C24H20F4N4O2. The number of hydrogen-bond donors (Lipinski definition) is 0.